The highest BCUT2D eigenvalue weighted by molar-refractivity contribution is 7.33. The van der Waals surface area contributed by atoms with Gasteiger partial charge in [-0.15, -0.1) is 0 Å². The number of nitrogens with zero attached hydrogens (tertiary/aromatic N) is 4. The summed E-state index contributed by atoms with van der Waals surface area (Å²) in [6, 6.07) is 22.4. The molecule has 1 aromatic heterocycles. The van der Waals surface area contributed by atoms with Crippen LogP contribution in [0.15, 0.2) is 60.7 Å². The van der Waals surface area contributed by atoms with Gasteiger partial charge in [0.1, 0.15) is 0 Å². The molecule has 0 radical (unpaired) electrons. The molecule has 4 nitrogen and oxygen atoms in total. The molecule has 31 heavy (non-hydrogen) atoms. The highest BCUT2D eigenvalue weighted by Crippen LogP contribution is 2.39. The largest absolute Gasteiger partial charge is 0.421 e. The Morgan fingerprint density at radius 2 is 0.806 bits per heavy atom. The maximum Gasteiger partial charge on any atom is 0.421 e. The number of thiophene rings is 1. The zero-order valence-electron chi connectivity index (χ0n) is 19.0. The molecule has 5 rings (SSSR count). The van der Waals surface area contributed by atoms with E-state index in [-0.39, 0.29) is 14.0 Å². The van der Waals surface area contributed by atoms with Crippen molar-refractivity contribution < 1.29 is 0 Å². The van der Waals surface area contributed by atoms with Crippen LogP contribution in [0.25, 0.3) is 0 Å². The van der Waals surface area contributed by atoms with Gasteiger partial charge in [0, 0.05) is 58.5 Å². The normalized spacial score (nSPS) is 15.2. The Bertz CT molecular complexity index is 927. The first kappa shape index (κ1) is 20.4. The van der Waals surface area contributed by atoms with Crippen molar-refractivity contribution >= 4 is 57.6 Å². The van der Waals surface area contributed by atoms with Crippen molar-refractivity contribution in [2.45, 2.75) is 27.7 Å². The molecule has 2 aliphatic heterocycles. The summed E-state index contributed by atoms with van der Waals surface area (Å²) in [6.07, 6.45) is 0. The van der Waals surface area contributed by atoms with E-state index in [1.165, 1.54) is 32.3 Å². The van der Waals surface area contributed by atoms with Gasteiger partial charge in [0.15, 0.2) is 0 Å². The van der Waals surface area contributed by atoms with Gasteiger partial charge in [0.05, 0.1) is 0 Å². The van der Waals surface area contributed by atoms with Crippen molar-refractivity contribution in [3.05, 3.63) is 60.7 Å². The highest BCUT2D eigenvalue weighted by atomic mass is 32.1. The van der Waals surface area contributed by atoms with E-state index < -0.39 is 0 Å². The highest BCUT2D eigenvalue weighted by Gasteiger charge is 2.44. The Morgan fingerprint density at radius 1 is 0.516 bits per heavy atom. The van der Waals surface area contributed by atoms with Crippen LogP contribution in [0.4, 0.5) is 22.7 Å². The number of hydrogen-bond acceptors (Lipinski definition) is 5. The molecular weight excluding hydrogens is 398 g/mol. The van der Waals surface area contributed by atoms with E-state index in [0.717, 1.165) is 26.2 Å². The molecule has 2 aliphatic rings. The lowest BCUT2D eigenvalue weighted by molar-refractivity contribution is 1.06. The third kappa shape index (κ3) is 3.05. The molecule has 7 heteroatoms. The molecule has 2 aromatic carbocycles. The molecule has 0 amide bonds. The second-order valence-electron chi connectivity index (χ2n) is 8.11. The van der Waals surface area contributed by atoms with Crippen molar-refractivity contribution in [3.63, 3.8) is 0 Å². The summed E-state index contributed by atoms with van der Waals surface area (Å²) in [4.78, 5) is 10.2. The predicted molar refractivity (Wildman–Crippen MR) is 140 cm³/mol. The summed E-state index contributed by atoms with van der Waals surface area (Å²) in [5.74, 6) is 0. The lowest BCUT2D eigenvalue weighted by Crippen LogP contribution is -2.57. The van der Waals surface area contributed by atoms with Crippen molar-refractivity contribution in [3.8, 4) is 0 Å². The second kappa shape index (κ2) is 8.19. The van der Waals surface area contributed by atoms with E-state index in [1.54, 1.807) is 0 Å². The molecule has 3 heterocycles. The van der Waals surface area contributed by atoms with Gasteiger partial charge in [-0.2, -0.15) is 11.3 Å². The fraction of sp³-hybridized carbons (Fsp3) is 0.333. The van der Waals surface area contributed by atoms with Crippen LogP contribution in [0.1, 0.15) is 27.7 Å². The monoisotopic (exact) mass is 428 g/mol. The number of hydrogen-bond donors (Lipinski definition) is 0. The number of fused-ring (bicyclic) bond motifs is 2. The number of rotatable bonds is 6. The molecule has 0 N–H and O–H groups in total. The van der Waals surface area contributed by atoms with E-state index in [9.17, 15) is 0 Å². The van der Waals surface area contributed by atoms with E-state index in [4.69, 9.17) is 0 Å². The van der Waals surface area contributed by atoms with E-state index >= 15 is 0 Å². The van der Waals surface area contributed by atoms with E-state index in [2.05, 4.69) is 108 Å². The SMILES string of the molecule is CCN1B(c2ccc(B3N(CC)c4ccccc4N3CC)s2)N(CC)c2ccccc21. The number of anilines is 4. The standard InChI is InChI=1S/C24H30B2N4S/c1-5-27-19-13-9-10-14-20(19)28(6-2)25(27)23-17-18-24(31-23)26-29(7-3)21-15-11-12-16-22(21)30(26)8-4/h9-18H,5-8H2,1-4H3. The molecule has 0 saturated heterocycles. The topological polar surface area (TPSA) is 13.0 Å². The van der Waals surface area contributed by atoms with Crippen molar-refractivity contribution in [2.24, 2.45) is 0 Å². The van der Waals surface area contributed by atoms with Crippen molar-refractivity contribution in [1.82, 2.24) is 0 Å². The molecule has 0 unspecified atom stereocenters. The summed E-state index contributed by atoms with van der Waals surface area (Å²) in [7, 11) is 0. The minimum atomic E-state index is 0.278. The zero-order chi connectivity index (χ0) is 21.5. The Kier molecular flexibility index (Phi) is 5.39. The van der Waals surface area contributed by atoms with Crippen LogP contribution in [0.5, 0.6) is 0 Å². The lowest BCUT2D eigenvalue weighted by atomic mass is 9.70. The maximum absolute atomic E-state index is 2.55. The Hall–Kier alpha value is -2.53. The third-order valence-corrected chi connectivity index (χ3v) is 7.87. The average molecular weight is 428 g/mol. The minimum Gasteiger partial charge on any atom is -0.390 e. The Balaban J connectivity index is 1.53. The second-order valence-corrected chi connectivity index (χ2v) is 9.26. The zero-order valence-corrected chi connectivity index (χ0v) is 19.8. The number of para-hydroxylation sites is 4. The third-order valence-electron chi connectivity index (χ3n) is 6.70. The summed E-state index contributed by atoms with van der Waals surface area (Å²) in [5.41, 5.74) is 5.41. The maximum atomic E-state index is 2.55. The first-order valence-electron chi connectivity index (χ1n) is 11.6. The van der Waals surface area contributed by atoms with Crippen LogP contribution in [-0.4, -0.2) is 40.1 Å². The average Bonchev–Trinajstić information content (AvgIpc) is 3.49. The predicted octanol–water partition coefficient (Wildman–Crippen LogP) is 3.87. The molecule has 0 atom stereocenters. The fourth-order valence-electron chi connectivity index (χ4n) is 5.40. The minimum absolute atomic E-state index is 0.278. The summed E-state index contributed by atoms with van der Waals surface area (Å²) < 4.78 is 2.86. The van der Waals surface area contributed by atoms with Gasteiger partial charge < -0.3 is 19.2 Å². The van der Waals surface area contributed by atoms with Gasteiger partial charge in [-0.05, 0) is 52.0 Å². The van der Waals surface area contributed by atoms with E-state index in [0.29, 0.717) is 0 Å². The van der Waals surface area contributed by atoms with Crippen molar-refractivity contribution in [1.29, 1.82) is 0 Å². The van der Waals surface area contributed by atoms with E-state index in [1.807, 2.05) is 11.3 Å². The van der Waals surface area contributed by atoms with Crippen LogP contribution >= 0.6 is 11.3 Å². The smallest absolute Gasteiger partial charge is 0.390 e. The Morgan fingerprint density at radius 3 is 1.06 bits per heavy atom. The summed E-state index contributed by atoms with van der Waals surface area (Å²) in [6.45, 7) is 13.6. The van der Waals surface area contributed by atoms with Crippen LogP contribution in [0.2, 0.25) is 0 Å². The molecule has 0 spiro atoms. The lowest BCUT2D eigenvalue weighted by Gasteiger charge is -2.28. The molecule has 0 aliphatic carbocycles. The number of benzene rings is 2. The molecular formula is C24H30B2N4S. The van der Waals surface area contributed by atoms with Gasteiger partial charge >= 0.3 is 14.0 Å². The summed E-state index contributed by atoms with van der Waals surface area (Å²) in [5, 5.41) is 0. The van der Waals surface area contributed by atoms with Gasteiger partial charge in [0.25, 0.3) is 0 Å². The van der Waals surface area contributed by atoms with Crippen LogP contribution in [0, 0.1) is 0 Å². The fourth-order valence-corrected chi connectivity index (χ4v) is 6.66. The van der Waals surface area contributed by atoms with Crippen LogP contribution in [0.3, 0.4) is 0 Å². The van der Waals surface area contributed by atoms with Crippen molar-refractivity contribution in [2.75, 3.05) is 45.4 Å². The van der Waals surface area contributed by atoms with Gasteiger partial charge in [0.2, 0.25) is 0 Å². The van der Waals surface area contributed by atoms with Crippen LogP contribution in [-0.2, 0) is 0 Å². The van der Waals surface area contributed by atoms with Gasteiger partial charge in [-0.3, -0.25) is 0 Å². The first-order chi connectivity index (χ1) is 15.2. The Labute approximate surface area is 191 Å². The van der Waals surface area contributed by atoms with Crippen LogP contribution < -0.4 is 28.8 Å². The molecule has 3 aromatic rings. The molecule has 0 bridgehead atoms. The summed E-state index contributed by atoms with van der Waals surface area (Å²) >= 11 is 1.98. The molecule has 0 fully saturated rings. The van der Waals surface area contributed by atoms with Gasteiger partial charge in [-0.1, -0.05) is 36.4 Å². The quantitative estimate of drug-likeness (QED) is 0.553. The first-order valence-corrected chi connectivity index (χ1v) is 12.4. The molecule has 158 valence electrons. The van der Waals surface area contributed by atoms with Gasteiger partial charge in [-0.25, -0.2) is 0 Å². The molecule has 0 saturated carbocycles.